The van der Waals surface area contributed by atoms with Gasteiger partial charge in [0.15, 0.2) is 0 Å². The van der Waals surface area contributed by atoms with Crippen LogP contribution in [-0.2, 0) is 22.4 Å². The van der Waals surface area contributed by atoms with Gasteiger partial charge in [0.1, 0.15) is 11.5 Å². The predicted octanol–water partition coefficient (Wildman–Crippen LogP) is 2.63. The lowest BCUT2D eigenvalue weighted by Gasteiger charge is -2.39. The largest absolute Gasteiger partial charge is 0.497 e. The molecule has 2 heterocycles. The average molecular weight is 484 g/mol. The van der Waals surface area contributed by atoms with Crippen molar-refractivity contribution in [3.63, 3.8) is 0 Å². The smallest absolute Gasteiger partial charge is 0.238 e. The Morgan fingerprint density at radius 3 is 2.53 bits per heavy atom. The van der Waals surface area contributed by atoms with Crippen molar-refractivity contribution >= 4 is 23.6 Å². The van der Waals surface area contributed by atoms with E-state index in [0.717, 1.165) is 47.6 Å². The molecule has 0 saturated carbocycles. The lowest BCUT2D eigenvalue weighted by molar-refractivity contribution is -0.132. The number of nitrogens with zero attached hydrogens (tertiary/aromatic N) is 1. The van der Waals surface area contributed by atoms with Crippen LogP contribution in [0.3, 0.4) is 0 Å². The summed E-state index contributed by atoms with van der Waals surface area (Å²) in [6.45, 7) is 1.98. The van der Waals surface area contributed by atoms with Crippen molar-refractivity contribution in [2.24, 2.45) is 0 Å². The molecule has 4 rings (SSSR count). The molecule has 2 N–H and O–H groups in total. The Morgan fingerprint density at radius 1 is 1.09 bits per heavy atom. The lowest BCUT2D eigenvalue weighted by atomic mass is 10.0. The molecule has 182 valence electrons. The number of amides is 2. The second-order valence-electron chi connectivity index (χ2n) is 8.76. The number of benzene rings is 2. The lowest BCUT2D eigenvalue weighted by Crippen LogP contribution is -2.54. The Kier molecular flexibility index (Phi) is 8.00. The highest BCUT2D eigenvalue weighted by Crippen LogP contribution is 2.39. The minimum absolute atomic E-state index is 0.0392. The molecule has 8 heteroatoms. The van der Waals surface area contributed by atoms with Crippen molar-refractivity contribution in [3.8, 4) is 11.5 Å². The first-order valence-corrected chi connectivity index (χ1v) is 12.7. The van der Waals surface area contributed by atoms with Crippen LogP contribution in [0.2, 0.25) is 0 Å². The average Bonchev–Trinajstić information content (AvgIpc) is 3.28. The van der Waals surface area contributed by atoms with Crippen LogP contribution in [0.1, 0.15) is 24.0 Å². The molecule has 2 aliphatic rings. The zero-order valence-corrected chi connectivity index (χ0v) is 20.7. The van der Waals surface area contributed by atoms with Gasteiger partial charge >= 0.3 is 0 Å². The first kappa shape index (κ1) is 24.4. The third kappa shape index (κ3) is 5.85. The number of nitrogens with one attached hydrogen (secondary N) is 2. The number of carbonyl (C=O) groups excluding carboxylic acids is 2. The first-order valence-electron chi connectivity index (χ1n) is 11.7. The third-order valence-electron chi connectivity index (χ3n) is 6.60. The normalized spacial score (nSPS) is 19.1. The monoisotopic (exact) mass is 483 g/mol. The van der Waals surface area contributed by atoms with Crippen molar-refractivity contribution in [1.82, 2.24) is 15.5 Å². The van der Waals surface area contributed by atoms with Crippen molar-refractivity contribution < 1.29 is 19.1 Å². The molecular weight excluding hydrogens is 450 g/mol. The molecule has 7 nitrogen and oxygen atoms in total. The molecule has 2 aromatic rings. The Bertz CT molecular complexity index is 990. The molecular formula is C26H33N3O4S. The molecule has 2 fully saturated rings. The molecule has 0 aromatic heterocycles. The SMILES string of the molecule is COc1ccc(CC(=O)N2CCC3(CC2)NC(C(=O)NCCc2ccccc2OC)CS3)cc1. The fourth-order valence-electron chi connectivity index (χ4n) is 4.57. The minimum Gasteiger partial charge on any atom is -0.497 e. The number of para-hydroxylation sites is 1. The fourth-order valence-corrected chi connectivity index (χ4v) is 5.99. The number of methoxy groups -OCH3 is 2. The molecule has 2 saturated heterocycles. The van der Waals surface area contributed by atoms with Gasteiger partial charge in [-0.3, -0.25) is 14.9 Å². The van der Waals surface area contributed by atoms with E-state index in [1.165, 1.54) is 0 Å². The molecule has 34 heavy (non-hydrogen) atoms. The van der Waals surface area contributed by atoms with Gasteiger partial charge in [-0.15, -0.1) is 11.8 Å². The summed E-state index contributed by atoms with van der Waals surface area (Å²) in [5.41, 5.74) is 2.08. The number of piperidine rings is 1. The summed E-state index contributed by atoms with van der Waals surface area (Å²) in [4.78, 5) is 27.3. The van der Waals surface area contributed by atoms with Gasteiger partial charge in [0.05, 0.1) is 31.6 Å². The van der Waals surface area contributed by atoms with Crippen LogP contribution >= 0.6 is 11.8 Å². The topological polar surface area (TPSA) is 79.9 Å². The van der Waals surface area contributed by atoms with Gasteiger partial charge in [-0.1, -0.05) is 30.3 Å². The van der Waals surface area contributed by atoms with Gasteiger partial charge in [0, 0.05) is 25.4 Å². The Labute approximate surface area is 205 Å². The molecule has 0 aliphatic carbocycles. The minimum atomic E-state index is -0.204. The van der Waals surface area contributed by atoms with E-state index in [4.69, 9.17) is 9.47 Å². The maximum atomic E-state index is 12.8. The second kappa shape index (κ2) is 11.1. The molecule has 1 atom stereocenters. The van der Waals surface area contributed by atoms with Crippen molar-refractivity contribution in [2.75, 3.05) is 39.6 Å². The summed E-state index contributed by atoms with van der Waals surface area (Å²) in [5, 5.41) is 6.64. The van der Waals surface area contributed by atoms with Crippen LogP contribution < -0.4 is 20.1 Å². The van der Waals surface area contributed by atoms with E-state index in [1.807, 2.05) is 65.2 Å². The van der Waals surface area contributed by atoms with Crippen molar-refractivity contribution in [3.05, 3.63) is 59.7 Å². The predicted molar refractivity (Wildman–Crippen MR) is 134 cm³/mol. The van der Waals surface area contributed by atoms with E-state index in [0.29, 0.717) is 26.1 Å². The van der Waals surface area contributed by atoms with Crippen LogP contribution in [0, 0.1) is 0 Å². The van der Waals surface area contributed by atoms with E-state index in [2.05, 4.69) is 10.6 Å². The van der Waals surface area contributed by atoms with E-state index in [1.54, 1.807) is 14.2 Å². The highest BCUT2D eigenvalue weighted by Gasteiger charge is 2.44. The maximum Gasteiger partial charge on any atom is 0.238 e. The quantitative estimate of drug-likeness (QED) is 0.601. The molecule has 1 unspecified atom stereocenters. The summed E-state index contributed by atoms with van der Waals surface area (Å²) in [7, 11) is 3.30. The molecule has 0 bridgehead atoms. The van der Waals surface area contributed by atoms with Crippen LogP contribution in [0.4, 0.5) is 0 Å². The van der Waals surface area contributed by atoms with Crippen molar-refractivity contribution in [1.29, 1.82) is 0 Å². The van der Waals surface area contributed by atoms with E-state index in [9.17, 15) is 9.59 Å². The second-order valence-corrected chi connectivity index (χ2v) is 10.2. The van der Waals surface area contributed by atoms with Gasteiger partial charge in [0.25, 0.3) is 0 Å². The first-order chi connectivity index (χ1) is 16.5. The Hall–Kier alpha value is -2.71. The molecule has 0 radical (unpaired) electrons. The van der Waals surface area contributed by atoms with Gasteiger partial charge in [-0.05, 0) is 48.6 Å². The summed E-state index contributed by atoms with van der Waals surface area (Å²) >= 11 is 1.82. The van der Waals surface area contributed by atoms with Crippen LogP contribution in [0.25, 0.3) is 0 Å². The number of likely N-dealkylation sites (tertiary alicyclic amines) is 1. The van der Waals surface area contributed by atoms with Gasteiger partial charge < -0.3 is 19.7 Å². The van der Waals surface area contributed by atoms with Crippen LogP contribution in [0.5, 0.6) is 11.5 Å². The molecule has 2 aliphatic heterocycles. The number of ether oxygens (including phenoxy) is 2. The van der Waals surface area contributed by atoms with Gasteiger partial charge in [-0.2, -0.15) is 0 Å². The summed E-state index contributed by atoms with van der Waals surface area (Å²) < 4.78 is 10.6. The summed E-state index contributed by atoms with van der Waals surface area (Å²) in [6, 6.07) is 15.3. The summed E-state index contributed by atoms with van der Waals surface area (Å²) in [6.07, 6.45) is 2.81. The number of hydrogen-bond donors (Lipinski definition) is 2. The fraction of sp³-hybridized carbons (Fsp3) is 0.462. The Morgan fingerprint density at radius 2 is 1.82 bits per heavy atom. The maximum absolute atomic E-state index is 12.8. The zero-order chi connectivity index (χ0) is 24.0. The van der Waals surface area contributed by atoms with Crippen LogP contribution in [0.15, 0.2) is 48.5 Å². The van der Waals surface area contributed by atoms with E-state index in [-0.39, 0.29) is 22.7 Å². The zero-order valence-electron chi connectivity index (χ0n) is 19.8. The molecule has 2 amide bonds. The van der Waals surface area contributed by atoms with E-state index >= 15 is 0 Å². The van der Waals surface area contributed by atoms with Crippen molar-refractivity contribution in [2.45, 2.75) is 36.6 Å². The third-order valence-corrected chi connectivity index (χ3v) is 8.18. The standard InChI is InChI=1S/C26H33N3O4S/c1-32-21-9-7-19(8-10-21)17-24(30)29-15-12-26(13-16-29)28-22(18-34-26)25(31)27-14-11-20-5-3-4-6-23(20)33-2/h3-10,22,28H,11-18H2,1-2H3,(H,27,31). The number of carbonyl (C=O) groups is 2. The van der Waals surface area contributed by atoms with Crippen LogP contribution in [-0.4, -0.2) is 67.2 Å². The highest BCUT2D eigenvalue weighted by atomic mass is 32.2. The molecule has 1 spiro atoms. The van der Waals surface area contributed by atoms with Gasteiger partial charge in [0.2, 0.25) is 11.8 Å². The number of thioether (sulfide) groups is 1. The summed E-state index contributed by atoms with van der Waals surface area (Å²) in [5.74, 6) is 2.57. The number of hydrogen-bond acceptors (Lipinski definition) is 6. The highest BCUT2D eigenvalue weighted by molar-refractivity contribution is 8.01. The number of rotatable bonds is 8. The Balaban J connectivity index is 1.21. The molecule has 2 aromatic carbocycles. The van der Waals surface area contributed by atoms with E-state index < -0.39 is 0 Å². The van der Waals surface area contributed by atoms with Gasteiger partial charge in [-0.25, -0.2) is 0 Å².